The highest BCUT2D eigenvalue weighted by atomic mass is 16.1. The molecule has 3 aliphatic rings. The Morgan fingerprint density at radius 3 is 3.04 bits per heavy atom. The fourth-order valence-corrected chi connectivity index (χ4v) is 4.53. The van der Waals surface area contributed by atoms with Gasteiger partial charge in [-0.2, -0.15) is 5.10 Å². The summed E-state index contributed by atoms with van der Waals surface area (Å²) in [6.07, 6.45) is 10.7. The van der Waals surface area contributed by atoms with Crippen LogP contribution in [0.4, 0.5) is 0 Å². The number of hydrogen-bond donors (Lipinski definition) is 3. The lowest BCUT2D eigenvalue weighted by molar-refractivity contribution is -0.110. The van der Waals surface area contributed by atoms with Crippen LogP contribution in [0.25, 0.3) is 0 Å². The lowest BCUT2D eigenvalue weighted by atomic mass is 9.76. The molecule has 1 aliphatic heterocycles. The number of hydrogen-bond acceptors (Lipinski definition) is 3. The van der Waals surface area contributed by atoms with E-state index in [4.69, 9.17) is 0 Å². The van der Waals surface area contributed by atoms with Gasteiger partial charge in [-0.25, -0.2) is 0 Å². The molecule has 2 aliphatic carbocycles. The highest BCUT2D eigenvalue weighted by Crippen LogP contribution is 2.41. The second-order valence-corrected chi connectivity index (χ2v) is 8.14. The number of H-pyrrole nitrogens is 1. The van der Waals surface area contributed by atoms with Gasteiger partial charge in [-0.1, -0.05) is 26.0 Å². The van der Waals surface area contributed by atoms with Gasteiger partial charge in [0.25, 0.3) is 0 Å². The first-order valence-corrected chi connectivity index (χ1v) is 8.76. The minimum Gasteiger partial charge on any atom is -0.352 e. The predicted octanol–water partition coefficient (Wildman–Crippen LogP) is 2.02. The van der Waals surface area contributed by atoms with Gasteiger partial charge in [0.05, 0.1) is 11.7 Å². The molecule has 1 amide bonds. The Balaban J connectivity index is 1.51. The van der Waals surface area contributed by atoms with E-state index in [1.165, 1.54) is 23.4 Å². The van der Waals surface area contributed by atoms with Crippen LogP contribution in [0.2, 0.25) is 0 Å². The standard InChI is InChI=1S/C18H26N4O/c1-18(2)6-5-13-16(9-18)21-22-17(13)15-7-11-3-4-12(19-10-23)8-14(11)20-15/h3-4,10-12,14-15,20H,5-9H2,1-2H3,(H,19,23)(H,21,22). The van der Waals surface area contributed by atoms with E-state index >= 15 is 0 Å². The molecule has 0 aromatic carbocycles. The number of aromatic amines is 1. The summed E-state index contributed by atoms with van der Waals surface area (Å²) in [7, 11) is 0. The summed E-state index contributed by atoms with van der Waals surface area (Å²) in [5.41, 5.74) is 4.40. The van der Waals surface area contributed by atoms with Crippen molar-refractivity contribution in [1.29, 1.82) is 0 Å². The first-order valence-electron chi connectivity index (χ1n) is 8.76. The Hall–Kier alpha value is -1.62. The van der Waals surface area contributed by atoms with Crippen molar-refractivity contribution < 1.29 is 4.79 Å². The second-order valence-electron chi connectivity index (χ2n) is 8.14. The number of nitrogens with zero attached hydrogens (tertiary/aromatic N) is 1. The molecule has 2 heterocycles. The Labute approximate surface area is 137 Å². The second kappa shape index (κ2) is 5.48. The highest BCUT2D eigenvalue weighted by molar-refractivity contribution is 5.47. The monoisotopic (exact) mass is 314 g/mol. The largest absolute Gasteiger partial charge is 0.352 e. The van der Waals surface area contributed by atoms with Gasteiger partial charge in [-0.15, -0.1) is 0 Å². The van der Waals surface area contributed by atoms with Crippen molar-refractivity contribution >= 4 is 6.41 Å². The molecule has 5 heteroatoms. The van der Waals surface area contributed by atoms with E-state index in [0.29, 0.717) is 23.4 Å². The lowest BCUT2D eigenvalue weighted by Gasteiger charge is -2.29. The molecule has 1 aromatic rings. The minimum atomic E-state index is 0.161. The molecule has 4 rings (SSSR count). The van der Waals surface area contributed by atoms with E-state index in [9.17, 15) is 4.79 Å². The van der Waals surface area contributed by atoms with Gasteiger partial charge < -0.3 is 10.6 Å². The summed E-state index contributed by atoms with van der Waals surface area (Å²) < 4.78 is 0. The fraction of sp³-hybridized carbons (Fsp3) is 0.667. The smallest absolute Gasteiger partial charge is 0.207 e. The first kappa shape index (κ1) is 14.9. The third-order valence-electron chi connectivity index (χ3n) is 5.84. The van der Waals surface area contributed by atoms with Crippen molar-refractivity contribution in [3.8, 4) is 0 Å². The highest BCUT2D eigenvalue weighted by Gasteiger charge is 2.39. The van der Waals surface area contributed by atoms with Crippen molar-refractivity contribution in [2.24, 2.45) is 11.3 Å². The van der Waals surface area contributed by atoms with Crippen molar-refractivity contribution in [3.63, 3.8) is 0 Å². The summed E-state index contributed by atoms with van der Waals surface area (Å²) in [5.74, 6) is 0.553. The number of amides is 1. The number of nitrogens with one attached hydrogen (secondary N) is 3. The van der Waals surface area contributed by atoms with E-state index < -0.39 is 0 Å². The number of carbonyl (C=O) groups excluding carboxylic acids is 1. The van der Waals surface area contributed by atoms with Crippen LogP contribution in [0.1, 0.15) is 56.1 Å². The normalized spacial score (nSPS) is 34.7. The zero-order valence-electron chi connectivity index (χ0n) is 13.9. The van der Waals surface area contributed by atoms with Crippen molar-refractivity contribution in [1.82, 2.24) is 20.8 Å². The van der Waals surface area contributed by atoms with E-state index in [1.807, 2.05) is 0 Å². The topological polar surface area (TPSA) is 69.8 Å². The fourth-order valence-electron chi connectivity index (χ4n) is 4.53. The van der Waals surface area contributed by atoms with Gasteiger partial charge in [-0.05, 0) is 49.0 Å². The molecule has 124 valence electrons. The van der Waals surface area contributed by atoms with Crippen LogP contribution in [0.3, 0.4) is 0 Å². The maximum absolute atomic E-state index is 10.6. The van der Waals surface area contributed by atoms with Gasteiger partial charge >= 0.3 is 0 Å². The average Bonchev–Trinajstić information content (AvgIpc) is 3.08. The van der Waals surface area contributed by atoms with Crippen LogP contribution in [-0.4, -0.2) is 28.7 Å². The molecule has 0 bridgehead atoms. The average molecular weight is 314 g/mol. The molecular formula is C18H26N4O. The molecule has 0 saturated carbocycles. The zero-order chi connectivity index (χ0) is 16.0. The van der Waals surface area contributed by atoms with Crippen molar-refractivity contribution in [2.75, 3.05) is 0 Å². The number of rotatable bonds is 3. The molecule has 23 heavy (non-hydrogen) atoms. The molecule has 4 atom stereocenters. The van der Waals surface area contributed by atoms with E-state index in [-0.39, 0.29) is 6.04 Å². The van der Waals surface area contributed by atoms with Gasteiger partial charge in [0.15, 0.2) is 0 Å². The number of aromatic nitrogens is 2. The lowest BCUT2D eigenvalue weighted by Crippen LogP contribution is -2.39. The maximum Gasteiger partial charge on any atom is 0.207 e. The van der Waals surface area contributed by atoms with Crippen LogP contribution >= 0.6 is 0 Å². The number of carbonyl (C=O) groups is 1. The molecular weight excluding hydrogens is 288 g/mol. The summed E-state index contributed by atoms with van der Waals surface area (Å²) >= 11 is 0. The van der Waals surface area contributed by atoms with Gasteiger partial charge in [0, 0.05) is 17.8 Å². The molecule has 1 saturated heterocycles. The molecule has 1 fully saturated rings. The molecule has 1 aromatic heterocycles. The summed E-state index contributed by atoms with van der Waals surface area (Å²) in [6.45, 7) is 4.67. The van der Waals surface area contributed by atoms with Crippen LogP contribution in [0, 0.1) is 11.3 Å². The van der Waals surface area contributed by atoms with Crippen LogP contribution in [-0.2, 0) is 17.6 Å². The Kier molecular flexibility index (Phi) is 3.56. The summed E-state index contributed by atoms with van der Waals surface area (Å²) in [5, 5.41) is 14.6. The Bertz CT molecular complexity index is 633. The third kappa shape index (κ3) is 2.71. The number of fused-ring (bicyclic) bond motifs is 2. The van der Waals surface area contributed by atoms with E-state index in [2.05, 4.69) is 46.8 Å². The van der Waals surface area contributed by atoms with Crippen LogP contribution in [0.15, 0.2) is 12.2 Å². The molecule has 0 radical (unpaired) electrons. The quantitative estimate of drug-likeness (QED) is 0.590. The molecule has 5 nitrogen and oxygen atoms in total. The zero-order valence-corrected chi connectivity index (χ0v) is 13.9. The van der Waals surface area contributed by atoms with Crippen LogP contribution in [0.5, 0.6) is 0 Å². The minimum absolute atomic E-state index is 0.161. The van der Waals surface area contributed by atoms with E-state index in [1.54, 1.807) is 0 Å². The predicted molar refractivity (Wildman–Crippen MR) is 88.9 cm³/mol. The first-order chi connectivity index (χ1) is 11.1. The van der Waals surface area contributed by atoms with Gasteiger partial charge in [0.1, 0.15) is 0 Å². The maximum atomic E-state index is 10.6. The SMILES string of the molecule is CC1(C)CCc2c(C3CC4C=CC(NC=O)CC4N3)n[nH]c2C1. The van der Waals surface area contributed by atoms with Crippen molar-refractivity contribution in [2.45, 2.75) is 64.1 Å². The van der Waals surface area contributed by atoms with Gasteiger partial charge in [0.2, 0.25) is 6.41 Å². The summed E-state index contributed by atoms with van der Waals surface area (Å²) in [4.78, 5) is 10.6. The Morgan fingerprint density at radius 2 is 2.22 bits per heavy atom. The third-order valence-corrected chi connectivity index (χ3v) is 5.84. The Morgan fingerprint density at radius 1 is 1.35 bits per heavy atom. The summed E-state index contributed by atoms with van der Waals surface area (Å²) in [6, 6.07) is 0.939. The van der Waals surface area contributed by atoms with Gasteiger partial charge in [-0.3, -0.25) is 9.89 Å². The van der Waals surface area contributed by atoms with Crippen LogP contribution < -0.4 is 10.6 Å². The van der Waals surface area contributed by atoms with E-state index in [0.717, 1.165) is 32.1 Å². The molecule has 0 spiro atoms. The van der Waals surface area contributed by atoms with Crippen molar-refractivity contribution in [3.05, 3.63) is 29.1 Å². The molecule has 4 unspecified atom stereocenters. The molecule has 3 N–H and O–H groups in total.